The number of sulfonamides is 1. The smallest absolute Gasteiger partial charge is 0.232 e. The summed E-state index contributed by atoms with van der Waals surface area (Å²) in [5, 5.41) is 3.10. The Morgan fingerprint density at radius 1 is 1.12 bits per heavy atom. The molecule has 0 amide bonds. The third-order valence-electron chi connectivity index (χ3n) is 4.90. The predicted molar refractivity (Wildman–Crippen MR) is 126 cm³/mol. The van der Waals surface area contributed by atoms with Crippen LogP contribution in [-0.4, -0.2) is 34.9 Å². The quantitative estimate of drug-likeness (QED) is 0.299. The molecule has 11 heteroatoms. The van der Waals surface area contributed by atoms with Crippen LogP contribution in [0.25, 0.3) is 11.2 Å². The number of carbonyl (C=O) groups is 1. The van der Waals surface area contributed by atoms with E-state index in [1.54, 1.807) is 13.0 Å². The van der Waals surface area contributed by atoms with Crippen LogP contribution >= 0.6 is 0 Å². The van der Waals surface area contributed by atoms with Gasteiger partial charge in [-0.25, -0.2) is 22.2 Å². The maximum absolute atomic E-state index is 14.9. The first kappa shape index (κ1) is 23.3. The van der Waals surface area contributed by atoms with Crippen LogP contribution in [0.3, 0.4) is 0 Å². The maximum Gasteiger partial charge on any atom is 0.232 e. The van der Waals surface area contributed by atoms with Crippen molar-refractivity contribution < 1.29 is 22.0 Å². The number of rotatable bonds is 9. The van der Waals surface area contributed by atoms with Gasteiger partial charge in [0.2, 0.25) is 16.0 Å². The summed E-state index contributed by atoms with van der Waals surface area (Å²) in [5.41, 5.74) is 0.871. The number of nitrogens with one attached hydrogen (secondary N) is 3. The van der Waals surface area contributed by atoms with Crippen LogP contribution in [0, 0.1) is 11.6 Å². The van der Waals surface area contributed by atoms with E-state index < -0.39 is 38.7 Å². The Bertz CT molecular complexity index is 1460. The fourth-order valence-corrected chi connectivity index (χ4v) is 4.54. The molecule has 0 aliphatic heterocycles. The molecule has 0 bridgehead atoms. The highest BCUT2D eigenvalue weighted by Gasteiger charge is 2.23. The molecule has 2 aromatic carbocycles. The molecule has 0 fully saturated rings. The Morgan fingerprint density at radius 3 is 2.62 bits per heavy atom. The fraction of sp³-hybridized carbons (Fsp3) is 0.174. The SMILES string of the molecule is CCCS(=O)(=O)Nc1ccc(F)c(C(=O)Cc2cnc3nc(Nc4ccccc4)[nH]c3c2)c1F. The average molecular weight is 486 g/mol. The number of carbonyl (C=O) groups excluding carboxylic acids is 1. The maximum atomic E-state index is 14.9. The molecule has 0 atom stereocenters. The van der Waals surface area contributed by atoms with Crippen molar-refractivity contribution in [2.24, 2.45) is 0 Å². The molecule has 0 unspecified atom stereocenters. The van der Waals surface area contributed by atoms with Crippen molar-refractivity contribution in [1.29, 1.82) is 0 Å². The highest BCUT2D eigenvalue weighted by molar-refractivity contribution is 7.92. The lowest BCUT2D eigenvalue weighted by Gasteiger charge is -2.11. The van der Waals surface area contributed by atoms with Gasteiger partial charge in [-0.15, -0.1) is 0 Å². The molecular weight excluding hydrogens is 464 g/mol. The van der Waals surface area contributed by atoms with Gasteiger partial charge in [0.05, 0.1) is 22.5 Å². The second-order valence-corrected chi connectivity index (χ2v) is 9.44. The Labute approximate surface area is 194 Å². The Hall–Kier alpha value is -3.86. The number of hydrogen-bond donors (Lipinski definition) is 3. The number of imidazole rings is 1. The first-order valence-corrected chi connectivity index (χ1v) is 12.1. The van der Waals surface area contributed by atoms with E-state index in [-0.39, 0.29) is 12.2 Å². The van der Waals surface area contributed by atoms with Gasteiger partial charge >= 0.3 is 0 Å². The molecule has 8 nitrogen and oxygen atoms in total. The van der Waals surface area contributed by atoms with E-state index in [4.69, 9.17) is 0 Å². The van der Waals surface area contributed by atoms with Gasteiger partial charge in [0.1, 0.15) is 5.82 Å². The van der Waals surface area contributed by atoms with E-state index in [0.29, 0.717) is 29.1 Å². The lowest BCUT2D eigenvalue weighted by Crippen LogP contribution is -2.19. The zero-order chi connectivity index (χ0) is 24.3. The van der Waals surface area contributed by atoms with E-state index in [1.165, 1.54) is 6.20 Å². The average Bonchev–Trinajstić information content (AvgIpc) is 3.18. The van der Waals surface area contributed by atoms with Crippen molar-refractivity contribution in [2.75, 3.05) is 15.8 Å². The Morgan fingerprint density at radius 2 is 1.88 bits per heavy atom. The molecule has 3 N–H and O–H groups in total. The number of aromatic nitrogens is 3. The van der Waals surface area contributed by atoms with Gasteiger partial charge in [0.15, 0.2) is 17.2 Å². The number of fused-ring (bicyclic) bond motifs is 1. The molecule has 4 aromatic rings. The molecule has 0 radical (unpaired) electrons. The summed E-state index contributed by atoms with van der Waals surface area (Å²) in [7, 11) is -3.82. The topological polar surface area (TPSA) is 117 Å². The van der Waals surface area contributed by atoms with E-state index >= 15 is 0 Å². The summed E-state index contributed by atoms with van der Waals surface area (Å²) in [4.78, 5) is 24.3. The van der Waals surface area contributed by atoms with Gasteiger partial charge in [0, 0.05) is 18.3 Å². The second kappa shape index (κ2) is 9.56. The van der Waals surface area contributed by atoms with Gasteiger partial charge in [0.25, 0.3) is 0 Å². The van der Waals surface area contributed by atoms with Crippen LogP contribution in [0.1, 0.15) is 29.3 Å². The van der Waals surface area contributed by atoms with E-state index in [0.717, 1.165) is 17.8 Å². The lowest BCUT2D eigenvalue weighted by molar-refractivity contribution is 0.0985. The lowest BCUT2D eigenvalue weighted by atomic mass is 10.0. The third kappa shape index (κ3) is 5.20. The summed E-state index contributed by atoms with van der Waals surface area (Å²) in [5.74, 6) is -2.97. The summed E-state index contributed by atoms with van der Waals surface area (Å²) in [6, 6.07) is 12.8. The van der Waals surface area contributed by atoms with Gasteiger partial charge in [-0.1, -0.05) is 25.1 Å². The van der Waals surface area contributed by atoms with Gasteiger partial charge in [-0.2, -0.15) is 4.98 Å². The minimum Gasteiger partial charge on any atom is -0.326 e. The minimum absolute atomic E-state index is 0.232. The summed E-state index contributed by atoms with van der Waals surface area (Å²) in [6.45, 7) is 1.65. The molecular formula is C23H21F2N5O3S. The number of para-hydroxylation sites is 1. The molecule has 0 saturated heterocycles. The van der Waals surface area contributed by atoms with Gasteiger partial charge < -0.3 is 10.3 Å². The molecule has 0 spiro atoms. The summed E-state index contributed by atoms with van der Waals surface area (Å²) >= 11 is 0. The number of pyridine rings is 1. The molecule has 0 saturated carbocycles. The number of aromatic amines is 1. The monoisotopic (exact) mass is 485 g/mol. The van der Waals surface area contributed by atoms with E-state index in [9.17, 15) is 22.0 Å². The summed E-state index contributed by atoms with van der Waals surface area (Å²) in [6.07, 6.45) is 1.37. The van der Waals surface area contributed by atoms with E-state index in [2.05, 4.69) is 25.0 Å². The number of hydrogen-bond acceptors (Lipinski definition) is 6. The van der Waals surface area contributed by atoms with Crippen molar-refractivity contribution in [1.82, 2.24) is 15.0 Å². The fourth-order valence-electron chi connectivity index (χ4n) is 3.41. The molecule has 0 aliphatic rings. The van der Waals surface area contributed by atoms with Crippen LogP contribution in [0.15, 0.2) is 54.7 Å². The Balaban J connectivity index is 1.56. The van der Waals surface area contributed by atoms with E-state index in [1.807, 2.05) is 30.3 Å². The molecule has 4 rings (SSSR count). The first-order chi connectivity index (χ1) is 16.3. The van der Waals surface area contributed by atoms with Gasteiger partial charge in [-0.05, 0) is 42.3 Å². The normalized spacial score (nSPS) is 11.5. The molecule has 34 heavy (non-hydrogen) atoms. The van der Waals surface area contributed by atoms with Crippen LogP contribution < -0.4 is 10.0 Å². The summed E-state index contributed by atoms with van der Waals surface area (Å²) < 4.78 is 55.3. The Kier molecular flexibility index (Phi) is 6.55. The van der Waals surface area contributed by atoms with Crippen LogP contribution in [-0.2, 0) is 16.4 Å². The van der Waals surface area contributed by atoms with Crippen molar-refractivity contribution in [3.05, 3.63) is 77.5 Å². The number of nitrogens with zero attached hydrogens (tertiary/aromatic N) is 2. The number of ketones is 1. The highest BCUT2D eigenvalue weighted by Crippen LogP contribution is 2.25. The zero-order valence-electron chi connectivity index (χ0n) is 18.1. The third-order valence-corrected chi connectivity index (χ3v) is 6.38. The van der Waals surface area contributed by atoms with Gasteiger partial charge in [-0.3, -0.25) is 9.52 Å². The number of benzene rings is 2. The number of Topliss-reactive ketones (excluding diaryl/α,β-unsaturated/α-hetero) is 1. The predicted octanol–water partition coefficient (Wildman–Crippen LogP) is 4.56. The van der Waals surface area contributed by atoms with Crippen LogP contribution in [0.5, 0.6) is 0 Å². The standard InChI is InChI=1S/C23H21F2N5O3S/c1-2-10-34(32,33)30-17-9-8-16(24)20(21(17)25)19(31)12-14-11-18-22(26-13-14)29-23(28-18)27-15-6-4-3-5-7-15/h3-9,11,13,30H,2,10,12H2,1H3,(H2,26,27,28,29). The molecule has 0 aliphatic carbocycles. The molecule has 2 aromatic heterocycles. The number of anilines is 3. The van der Waals surface area contributed by atoms with Crippen LogP contribution in [0.2, 0.25) is 0 Å². The largest absolute Gasteiger partial charge is 0.326 e. The van der Waals surface area contributed by atoms with Crippen molar-refractivity contribution in [2.45, 2.75) is 19.8 Å². The highest BCUT2D eigenvalue weighted by atomic mass is 32.2. The second-order valence-electron chi connectivity index (χ2n) is 7.60. The van der Waals surface area contributed by atoms with Crippen molar-refractivity contribution in [3.8, 4) is 0 Å². The van der Waals surface area contributed by atoms with Crippen molar-refractivity contribution in [3.63, 3.8) is 0 Å². The molecule has 2 heterocycles. The van der Waals surface area contributed by atoms with Crippen molar-refractivity contribution >= 4 is 44.3 Å². The first-order valence-electron chi connectivity index (χ1n) is 10.4. The molecule has 176 valence electrons. The number of halogens is 2. The number of H-pyrrole nitrogens is 1. The zero-order valence-corrected chi connectivity index (χ0v) is 18.9. The van der Waals surface area contributed by atoms with Crippen LogP contribution in [0.4, 0.5) is 26.1 Å². The minimum atomic E-state index is -3.82.